The summed E-state index contributed by atoms with van der Waals surface area (Å²) in [6.07, 6.45) is 2.07. The molecule has 0 unspecified atom stereocenters. The fraction of sp³-hybridized carbons (Fsp3) is 0.381. The normalized spacial score (nSPS) is 19.7. The maximum atomic E-state index is 12.8. The lowest BCUT2D eigenvalue weighted by atomic mass is 9.94. The fourth-order valence-corrected chi connectivity index (χ4v) is 3.40. The van der Waals surface area contributed by atoms with E-state index < -0.39 is 0 Å². The van der Waals surface area contributed by atoms with Gasteiger partial charge in [0.25, 0.3) is 0 Å². The molecule has 2 aromatic rings. The molecule has 0 spiro atoms. The van der Waals surface area contributed by atoms with Gasteiger partial charge in [-0.25, -0.2) is 0 Å². The number of nitrogens with zero attached hydrogens (tertiary/aromatic N) is 1. The SMILES string of the molecule is Cc1ccc([C@@H](NC(=O)[C@@H]2CCCN(C)C2)c2ccccc2)cc1. The van der Waals surface area contributed by atoms with Crippen LogP contribution in [0.4, 0.5) is 0 Å². The van der Waals surface area contributed by atoms with Crippen molar-refractivity contribution in [3.8, 4) is 0 Å². The summed E-state index contributed by atoms with van der Waals surface area (Å²) in [5.74, 6) is 0.247. The van der Waals surface area contributed by atoms with E-state index in [1.165, 1.54) is 5.56 Å². The topological polar surface area (TPSA) is 32.3 Å². The number of piperidine rings is 1. The van der Waals surface area contributed by atoms with Crippen LogP contribution in [0, 0.1) is 12.8 Å². The molecule has 0 radical (unpaired) electrons. The van der Waals surface area contributed by atoms with Gasteiger partial charge in [-0.2, -0.15) is 0 Å². The van der Waals surface area contributed by atoms with Gasteiger partial charge in [0, 0.05) is 6.54 Å². The third kappa shape index (κ3) is 4.04. The fourth-order valence-electron chi connectivity index (χ4n) is 3.40. The Bertz CT molecular complexity index is 666. The van der Waals surface area contributed by atoms with E-state index in [1.807, 2.05) is 18.2 Å². The van der Waals surface area contributed by atoms with Gasteiger partial charge >= 0.3 is 0 Å². The minimum absolute atomic E-state index is 0.0837. The van der Waals surface area contributed by atoms with Gasteiger partial charge in [0.1, 0.15) is 0 Å². The van der Waals surface area contributed by atoms with E-state index in [-0.39, 0.29) is 17.9 Å². The van der Waals surface area contributed by atoms with Crippen molar-refractivity contribution >= 4 is 5.91 Å². The predicted octanol–water partition coefficient (Wildman–Crippen LogP) is 3.54. The molecule has 2 atom stereocenters. The Labute approximate surface area is 144 Å². The second kappa shape index (κ2) is 7.63. The van der Waals surface area contributed by atoms with Crippen molar-refractivity contribution < 1.29 is 4.79 Å². The minimum atomic E-state index is -0.0912. The molecule has 3 heteroatoms. The van der Waals surface area contributed by atoms with Crippen molar-refractivity contribution in [1.29, 1.82) is 0 Å². The monoisotopic (exact) mass is 322 g/mol. The Kier molecular flexibility index (Phi) is 5.31. The zero-order valence-electron chi connectivity index (χ0n) is 14.5. The molecule has 1 aliphatic heterocycles. The molecule has 1 fully saturated rings. The molecule has 1 N–H and O–H groups in total. The van der Waals surface area contributed by atoms with Gasteiger partial charge in [0.2, 0.25) is 5.91 Å². The number of nitrogens with one attached hydrogen (secondary N) is 1. The van der Waals surface area contributed by atoms with Crippen molar-refractivity contribution in [2.75, 3.05) is 20.1 Å². The van der Waals surface area contributed by atoms with E-state index in [9.17, 15) is 4.79 Å². The summed E-state index contributed by atoms with van der Waals surface area (Å²) in [4.78, 5) is 15.1. The quantitative estimate of drug-likeness (QED) is 0.934. The smallest absolute Gasteiger partial charge is 0.225 e. The molecule has 0 aromatic heterocycles. The summed E-state index contributed by atoms with van der Waals surface area (Å²) in [5, 5.41) is 3.29. The Balaban J connectivity index is 1.82. The molecule has 2 aromatic carbocycles. The molecule has 1 amide bonds. The molecule has 0 saturated carbocycles. The van der Waals surface area contributed by atoms with Crippen molar-refractivity contribution in [2.45, 2.75) is 25.8 Å². The van der Waals surface area contributed by atoms with Crippen molar-refractivity contribution in [3.63, 3.8) is 0 Å². The summed E-state index contributed by atoms with van der Waals surface area (Å²) in [6.45, 7) is 4.02. The zero-order chi connectivity index (χ0) is 16.9. The van der Waals surface area contributed by atoms with Gasteiger partial charge < -0.3 is 10.2 Å². The van der Waals surface area contributed by atoms with E-state index in [2.05, 4.69) is 60.6 Å². The van der Waals surface area contributed by atoms with Gasteiger partial charge in [-0.05, 0) is 44.5 Å². The highest BCUT2D eigenvalue weighted by Gasteiger charge is 2.26. The zero-order valence-corrected chi connectivity index (χ0v) is 14.5. The highest BCUT2D eigenvalue weighted by atomic mass is 16.2. The second-order valence-electron chi connectivity index (χ2n) is 6.86. The first-order valence-corrected chi connectivity index (χ1v) is 8.74. The standard InChI is InChI=1S/C21H26N2O/c1-16-10-12-18(13-11-16)20(17-7-4-3-5-8-17)22-21(24)19-9-6-14-23(2)15-19/h3-5,7-8,10-13,19-20H,6,9,14-15H2,1-2H3,(H,22,24)/t19-,20+/m1/s1. The van der Waals surface area contributed by atoms with Crippen LogP contribution in [0.3, 0.4) is 0 Å². The molecule has 0 aliphatic carbocycles. The van der Waals surface area contributed by atoms with Crippen molar-refractivity contribution in [3.05, 3.63) is 71.3 Å². The van der Waals surface area contributed by atoms with E-state index in [4.69, 9.17) is 0 Å². The number of hydrogen-bond acceptors (Lipinski definition) is 2. The number of amides is 1. The number of likely N-dealkylation sites (tertiary alicyclic amines) is 1. The predicted molar refractivity (Wildman–Crippen MR) is 97.8 cm³/mol. The largest absolute Gasteiger partial charge is 0.345 e. The molecule has 24 heavy (non-hydrogen) atoms. The summed E-state index contributed by atoms with van der Waals surface area (Å²) < 4.78 is 0. The summed E-state index contributed by atoms with van der Waals surface area (Å²) in [6, 6.07) is 18.6. The minimum Gasteiger partial charge on any atom is -0.345 e. The van der Waals surface area contributed by atoms with Crippen LogP contribution in [-0.4, -0.2) is 30.9 Å². The van der Waals surface area contributed by atoms with Crippen LogP contribution in [0.25, 0.3) is 0 Å². The van der Waals surface area contributed by atoms with Crippen molar-refractivity contribution in [1.82, 2.24) is 10.2 Å². The molecular weight excluding hydrogens is 296 g/mol. The number of rotatable bonds is 4. The van der Waals surface area contributed by atoms with Crippen LogP contribution in [-0.2, 0) is 4.79 Å². The summed E-state index contributed by atoms with van der Waals surface area (Å²) in [5.41, 5.74) is 3.48. The lowest BCUT2D eigenvalue weighted by Crippen LogP contribution is -2.42. The van der Waals surface area contributed by atoms with Gasteiger partial charge in [-0.15, -0.1) is 0 Å². The third-order valence-corrected chi connectivity index (χ3v) is 4.83. The van der Waals surface area contributed by atoms with Crippen LogP contribution < -0.4 is 5.32 Å². The third-order valence-electron chi connectivity index (χ3n) is 4.83. The highest BCUT2D eigenvalue weighted by Crippen LogP contribution is 2.24. The maximum Gasteiger partial charge on any atom is 0.225 e. The maximum absolute atomic E-state index is 12.8. The molecule has 3 rings (SSSR count). The van der Waals surface area contributed by atoms with E-state index in [1.54, 1.807) is 0 Å². The molecule has 1 heterocycles. The molecule has 126 valence electrons. The first-order valence-electron chi connectivity index (χ1n) is 8.74. The molecular formula is C21H26N2O. The lowest BCUT2D eigenvalue weighted by molar-refractivity contribution is -0.127. The number of aryl methyl sites for hydroxylation is 1. The van der Waals surface area contributed by atoms with E-state index in [0.29, 0.717) is 0 Å². The molecule has 1 aliphatic rings. The Hall–Kier alpha value is -2.13. The number of carbonyl (C=O) groups excluding carboxylic acids is 1. The lowest BCUT2D eigenvalue weighted by Gasteiger charge is -2.30. The van der Waals surface area contributed by atoms with E-state index >= 15 is 0 Å². The first-order chi connectivity index (χ1) is 11.6. The van der Waals surface area contributed by atoms with Crippen LogP contribution in [0.15, 0.2) is 54.6 Å². The van der Waals surface area contributed by atoms with Gasteiger partial charge in [-0.1, -0.05) is 60.2 Å². The Morgan fingerprint density at radius 2 is 1.75 bits per heavy atom. The van der Waals surface area contributed by atoms with Crippen LogP contribution in [0.2, 0.25) is 0 Å². The highest BCUT2D eigenvalue weighted by molar-refractivity contribution is 5.80. The second-order valence-corrected chi connectivity index (χ2v) is 6.86. The number of carbonyl (C=O) groups is 1. The molecule has 1 saturated heterocycles. The van der Waals surface area contributed by atoms with Crippen molar-refractivity contribution in [2.24, 2.45) is 5.92 Å². The average Bonchev–Trinajstić information content (AvgIpc) is 2.61. The average molecular weight is 322 g/mol. The first kappa shape index (κ1) is 16.7. The Morgan fingerprint density at radius 3 is 2.42 bits per heavy atom. The molecule has 3 nitrogen and oxygen atoms in total. The van der Waals surface area contributed by atoms with Crippen LogP contribution in [0.1, 0.15) is 35.6 Å². The van der Waals surface area contributed by atoms with Gasteiger partial charge in [0.15, 0.2) is 0 Å². The summed E-state index contributed by atoms with van der Waals surface area (Å²) in [7, 11) is 2.09. The van der Waals surface area contributed by atoms with Crippen LogP contribution >= 0.6 is 0 Å². The number of hydrogen-bond donors (Lipinski definition) is 1. The van der Waals surface area contributed by atoms with Gasteiger partial charge in [0.05, 0.1) is 12.0 Å². The summed E-state index contributed by atoms with van der Waals surface area (Å²) >= 11 is 0. The number of benzene rings is 2. The van der Waals surface area contributed by atoms with Gasteiger partial charge in [-0.3, -0.25) is 4.79 Å². The van der Waals surface area contributed by atoms with Crippen LogP contribution in [0.5, 0.6) is 0 Å². The van der Waals surface area contributed by atoms with E-state index in [0.717, 1.165) is 37.1 Å². The Morgan fingerprint density at radius 1 is 1.08 bits per heavy atom. The molecule has 0 bridgehead atoms.